The van der Waals surface area contributed by atoms with Crippen LogP contribution in [-0.4, -0.2) is 6.71 Å². The fourth-order valence-electron chi connectivity index (χ4n) is 4.17. The molecule has 0 saturated heterocycles. The van der Waals surface area contributed by atoms with Crippen molar-refractivity contribution in [2.45, 2.75) is 72.9 Å². The smallest absolute Gasteiger partial charge is 0.114 e. The zero-order valence-electron chi connectivity index (χ0n) is 13.9. The first-order valence-electron chi connectivity index (χ1n) is 7.20. The number of hydrogen-bond acceptors (Lipinski definition) is 0. The Bertz CT molecular complexity index is 339. The zero-order valence-corrected chi connectivity index (χ0v) is 13.9. The van der Waals surface area contributed by atoms with Gasteiger partial charge in [0.1, 0.15) is 0 Å². The van der Waals surface area contributed by atoms with Gasteiger partial charge >= 0.3 is 0 Å². The molecule has 1 heterocycles. The molecule has 0 unspecified atom stereocenters. The molecule has 0 atom stereocenters. The van der Waals surface area contributed by atoms with Crippen LogP contribution in [0.3, 0.4) is 0 Å². The molecule has 0 aromatic carbocycles. The lowest BCUT2D eigenvalue weighted by molar-refractivity contribution is 0.157. The van der Waals surface area contributed by atoms with Gasteiger partial charge < -0.3 is 0 Å². The van der Waals surface area contributed by atoms with Gasteiger partial charge in [-0.15, -0.1) is 5.98 Å². The van der Waals surface area contributed by atoms with Crippen molar-refractivity contribution in [1.82, 2.24) is 0 Å². The molecule has 0 fully saturated rings. The summed E-state index contributed by atoms with van der Waals surface area (Å²) < 4.78 is 0. The lowest BCUT2D eigenvalue weighted by atomic mass is 9.15. The molecule has 0 aromatic rings. The largest absolute Gasteiger partial charge is 0.183 e. The van der Waals surface area contributed by atoms with E-state index in [1.807, 2.05) is 0 Å². The Kier molecular flexibility index (Phi) is 3.71. The summed E-state index contributed by atoms with van der Waals surface area (Å²) in [5.74, 6) is 2.43. The van der Waals surface area contributed by atoms with E-state index in [1.54, 1.807) is 0 Å². The topological polar surface area (TPSA) is 0 Å². The first-order chi connectivity index (χ1) is 7.84. The number of rotatable bonds is 0. The van der Waals surface area contributed by atoms with Gasteiger partial charge in [0.15, 0.2) is 6.71 Å². The lowest BCUT2D eigenvalue weighted by Crippen LogP contribution is -2.53. The molecule has 0 amide bonds. The Morgan fingerprint density at radius 3 is 1.44 bits per heavy atom. The zero-order chi connectivity index (χ0) is 14.4. The highest BCUT2D eigenvalue weighted by molar-refractivity contribution is 6.71. The molecule has 0 aliphatic carbocycles. The van der Waals surface area contributed by atoms with E-state index in [0.717, 1.165) is 0 Å². The maximum absolute atomic E-state index is 2.48. The first kappa shape index (κ1) is 15.6. The summed E-state index contributed by atoms with van der Waals surface area (Å²) in [6.45, 7) is 22.0. The molecule has 18 heavy (non-hydrogen) atoms. The van der Waals surface area contributed by atoms with Gasteiger partial charge in [-0.1, -0.05) is 85.9 Å². The average Bonchev–Trinajstić information content (AvgIpc) is 2.12. The van der Waals surface area contributed by atoms with E-state index < -0.39 is 0 Å². The van der Waals surface area contributed by atoms with Gasteiger partial charge in [-0.2, -0.15) is 0 Å². The van der Waals surface area contributed by atoms with Crippen LogP contribution in [0.5, 0.6) is 0 Å². The molecule has 0 aromatic heterocycles. The second-order valence-corrected chi connectivity index (χ2v) is 8.96. The summed E-state index contributed by atoms with van der Waals surface area (Å²) in [6, 6.07) is 0. The Balaban J connectivity index is 3.51. The summed E-state index contributed by atoms with van der Waals surface area (Å²) in [6.07, 6.45) is 6.95. The quantitative estimate of drug-likeness (QED) is 0.475. The van der Waals surface area contributed by atoms with E-state index in [2.05, 4.69) is 86.5 Å². The molecular weight excluding hydrogens is 215 g/mol. The van der Waals surface area contributed by atoms with E-state index >= 15 is 0 Å². The molecule has 0 bridgehead atoms. The Morgan fingerprint density at radius 1 is 0.722 bits per heavy atom. The Hall–Kier alpha value is -0.455. The average molecular weight is 246 g/mol. The van der Waals surface area contributed by atoms with Crippen LogP contribution in [0.25, 0.3) is 0 Å². The van der Waals surface area contributed by atoms with Gasteiger partial charge in [0, 0.05) is 0 Å². The van der Waals surface area contributed by atoms with E-state index in [-0.39, 0.29) is 21.5 Å². The highest BCUT2D eigenvalue weighted by Crippen LogP contribution is 2.65. The minimum atomic E-state index is 0.187. The van der Waals surface area contributed by atoms with Crippen LogP contribution in [0, 0.1) is 10.8 Å². The second kappa shape index (κ2) is 4.29. The van der Waals surface area contributed by atoms with E-state index in [9.17, 15) is 0 Å². The van der Waals surface area contributed by atoms with Crippen LogP contribution < -0.4 is 0 Å². The second-order valence-electron chi connectivity index (χ2n) is 8.96. The Labute approximate surface area is 115 Å². The number of allylic oxidation sites excluding steroid dienone is 3. The third kappa shape index (κ3) is 2.33. The molecule has 1 heteroatoms. The van der Waals surface area contributed by atoms with E-state index in [4.69, 9.17) is 0 Å². The molecule has 0 spiro atoms. The monoisotopic (exact) mass is 246 g/mol. The third-order valence-corrected chi connectivity index (χ3v) is 4.68. The molecule has 1 aliphatic heterocycles. The van der Waals surface area contributed by atoms with Crippen molar-refractivity contribution in [3.05, 3.63) is 24.2 Å². The fraction of sp³-hybridized carbons (Fsp3) is 0.765. The molecule has 0 radical (unpaired) electrons. The molecule has 102 valence electrons. The Morgan fingerprint density at radius 2 is 1.17 bits per heavy atom. The SMILES string of the molecule is CC(C)(C)B1C=CC=CC1(C(C)(C)C)C(C)(C)C. The maximum atomic E-state index is 2.48. The van der Waals surface area contributed by atoms with Gasteiger partial charge in [-0.3, -0.25) is 0 Å². The van der Waals surface area contributed by atoms with Crippen molar-refractivity contribution in [3.63, 3.8) is 0 Å². The highest BCUT2D eigenvalue weighted by Gasteiger charge is 2.57. The van der Waals surface area contributed by atoms with Crippen LogP contribution in [0.2, 0.25) is 10.6 Å². The minimum absolute atomic E-state index is 0.187. The maximum Gasteiger partial charge on any atom is 0.183 e. The molecule has 1 aliphatic rings. The molecule has 0 saturated carbocycles. The minimum Gasteiger partial charge on any atom is -0.114 e. The molecule has 0 nitrogen and oxygen atoms in total. The van der Waals surface area contributed by atoms with Gasteiger partial charge in [0.2, 0.25) is 0 Å². The number of hydrogen-bond donors (Lipinski definition) is 0. The predicted octanol–water partition coefficient (Wildman–Crippen LogP) is 5.78. The van der Waals surface area contributed by atoms with E-state index in [1.165, 1.54) is 0 Å². The summed E-state index contributed by atoms with van der Waals surface area (Å²) >= 11 is 0. The van der Waals surface area contributed by atoms with Crippen LogP contribution in [0.1, 0.15) is 62.3 Å². The van der Waals surface area contributed by atoms with Crippen LogP contribution in [0.15, 0.2) is 24.2 Å². The van der Waals surface area contributed by atoms with Crippen LogP contribution in [0.4, 0.5) is 0 Å². The predicted molar refractivity (Wildman–Crippen MR) is 85.4 cm³/mol. The molecule has 0 N–H and O–H groups in total. The lowest BCUT2D eigenvalue weighted by Gasteiger charge is -2.58. The van der Waals surface area contributed by atoms with Crippen LogP contribution in [-0.2, 0) is 0 Å². The fourth-order valence-corrected chi connectivity index (χ4v) is 4.17. The normalized spacial score (nSPS) is 20.4. The standard InChI is InChI=1S/C17H31B/c1-14(2,3)17(15(4,5)6)12-10-11-13-18(17)16(7,8)9/h10-13H,1-9H3. The molecular formula is C17H31B. The van der Waals surface area contributed by atoms with Crippen molar-refractivity contribution in [2.75, 3.05) is 0 Å². The summed E-state index contributed by atoms with van der Waals surface area (Å²) in [5.41, 5.74) is 0.481. The van der Waals surface area contributed by atoms with Crippen molar-refractivity contribution in [3.8, 4) is 0 Å². The van der Waals surface area contributed by atoms with Crippen molar-refractivity contribution in [1.29, 1.82) is 0 Å². The highest BCUT2D eigenvalue weighted by atomic mass is 14.5. The summed E-state index contributed by atoms with van der Waals surface area (Å²) in [5, 5.41) is 0.467. The third-order valence-electron chi connectivity index (χ3n) is 4.68. The molecule has 1 rings (SSSR count). The van der Waals surface area contributed by atoms with Crippen LogP contribution >= 0.6 is 0 Å². The van der Waals surface area contributed by atoms with Gasteiger partial charge in [0.25, 0.3) is 0 Å². The van der Waals surface area contributed by atoms with Gasteiger partial charge in [-0.05, 0) is 16.1 Å². The van der Waals surface area contributed by atoms with Crippen molar-refractivity contribution >= 4 is 6.71 Å². The summed E-state index contributed by atoms with van der Waals surface area (Å²) in [7, 11) is 0. The van der Waals surface area contributed by atoms with E-state index in [0.29, 0.717) is 6.71 Å². The van der Waals surface area contributed by atoms with Crippen molar-refractivity contribution in [2.24, 2.45) is 10.8 Å². The first-order valence-corrected chi connectivity index (χ1v) is 7.20. The van der Waals surface area contributed by atoms with Crippen molar-refractivity contribution < 1.29 is 0 Å². The van der Waals surface area contributed by atoms with Gasteiger partial charge in [-0.25, -0.2) is 0 Å². The summed E-state index contributed by atoms with van der Waals surface area (Å²) in [4.78, 5) is 0. The van der Waals surface area contributed by atoms with Gasteiger partial charge in [0.05, 0.1) is 0 Å².